The van der Waals surface area contributed by atoms with Gasteiger partial charge in [-0.05, 0) is 22.9 Å². The van der Waals surface area contributed by atoms with Crippen LogP contribution in [0.5, 0.6) is 5.75 Å². The average Bonchev–Trinajstić information content (AvgIpc) is 2.05. The Morgan fingerprint density at radius 2 is 1.58 bits per heavy atom. The fraction of sp³-hybridized carbons (Fsp3) is 0. The Balaban J connectivity index is 2.79. The molecule has 60 valence electrons. The molecule has 0 radical (unpaired) electrons. The number of benzene rings is 2. The van der Waals surface area contributed by atoms with E-state index in [1.807, 2.05) is 24.3 Å². The summed E-state index contributed by atoms with van der Waals surface area (Å²) < 4.78 is 1.04. The van der Waals surface area contributed by atoms with Crippen LogP contribution in [0.2, 0.25) is 0 Å². The molecule has 1 nitrogen and oxygen atoms in total. The minimum absolute atomic E-state index is 0.0600. The molecule has 0 fully saturated rings. The zero-order valence-electron chi connectivity index (χ0n) is 6.25. The number of rotatable bonds is 0. The predicted molar refractivity (Wildman–Crippen MR) is 51.1 cm³/mol. The van der Waals surface area contributed by atoms with E-state index in [2.05, 4.69) is 15.9 Å². The normalized spacial score (nSPS) is 10.4. The number of halogens is 1. The van der Waals surface area contributed by atoms with Crippen molar-refractivity contribution < 1.29 is 5.11 Å². The minimum Gasteiger partial charge on any atom is -0.872 e. The van der Waals surface area contributed by atoms with Gasteiger partial charge in [-0.3, -0.25) is 0 Å². The van der Waals surface area contributed by atoms with Crippen molar-refractivity contribution in [2.24, 2.45) is 0 Å². The lowest BCUT2D eigenvalue weighted by atomic mass is 10.1. The highest BCUT2D eigenvalue weighted by Crippen LogP contribution is 2.21. The summed E-state index contributed by atoms with van der Waals surface area (Å²) >= 11 is 3.37. The first-order valence-electron chi connectivity index (χ1n) is 3.62. The highest BCUT2D eigenvalue weighted by atomic mass is 79.9. The molecule has 0 N–H and O–H groups in total. The molecule has 0 saturated heterocycles. The van der Waals surface area contributed by atoms with E-state index in [4.69, 9.17) is 0 Å². The summed E-state index contributed by atoms with van der Waals surface area (Å²) in [5.74, 6) is 0.0600. The molecule has 0 spiro atoms. The maximum absolute atomic E-state index is 11.0. The smallest absolute Gasteiger partial charge is 0.0181 e. The van der Waals surface area contributed by atoms with Gasteiger partial charge in [-0.15, -0.1) is 5.75 Å². The van der Waals surface area contributed by atoms with Crippen LogP contribution < -0.4 is 5.11 Å². The summed E-state index contributed by atoms with van der Waals surface area (Å²) in [6.45, 7) is 0. The van der Waals surface area contributed by atoms with E-state index in [1.54, 1.807) is 12.1 Å². The Labute approximate surface area is 78.8 Å². The minimum atomic E-state index is 0.0600. The lowest BCUT2D eigenvalue weighted by Crippen LogP contribution is -1.87. The second-order valence-electron chi connectivity index (χ2n) is 2.65. The van der Waals surface area contributed by atoms with Gasteiger partial charge in [0.25, 0.3) is 0 Å². The Hall–Kier alpha value is -1.02. The molecule has 0 saturated carbocycles. The Morgan fingerprint density at radius 3 is 2.42 bits per heavy atom. The lowest BCUT2D eigenvalue weighted by Gasteiger charge is -2.05. The van der Waals surface area contributed by atoms with Gasteiger partial charge in [-0.2, -0.15) is 0 Å². The zero-order chi connectivity index (χ0) is 8.55. The van der Waals surface area contributed by atoms with Crippen molar-refractivity contribution in [1.29, 1.82) is 0 Å². The van der Waals surface area contributed by atoms with Crippen LogP contribution in [0.1, 0.15) is 0 Å². The van der Waals surface area contributed by atoms with Crippen molar-refractivity contribution in [2.75, 3.05) is 0 Å². The maximum Gasteiger partial charge on any atom is 0.0181 e. The van der Waals surface area contributed by atoms with Crippen LogP contribution >= 0.6 is 15.9 Å². The molecule has 2 heteroatoms. The highest BCUT2D eigenvalue weighted by Gasteiger charge is 1.91. The van der Waals surface area contributed by atoms with Crippen molar-refractivity contribution in [1.82, 2.24) is 0 Å². The van der Waals surface area contributed by atoms with Gasteiger partial charge in [-0.25, -0.2) is 0 Å². The molecule has 0 bridgehead atoms. The quantitative estimate of drug-likeness (QED) is 0.671. The van der Waals surface area contributed by atoms with Crippen LogP contribution in [0, 0.1) is 0 Å². The third-order valence-corrected chi connectivity index (χ3v) is 2.27. The second-order valence-corrected chi connectivity index (χ2v) is 3.57. The average molecular weight is 222 g/mol. The van der Waals surface area contributed by atoms with Gasteiger partial charge in [0, 0.05) is 4.47 Å². The van der Waals surface area contributed by atoms with Crippen LogP contribution in [-0.2, 0) is 0 Å². The first-order valence-corrected chi connectivity index (χ1v) is 4.41. The molecule has 0 atom stereocenters. The first-order chi connectivity index (χ1) is 5.75. The first kappa shape index (κ1) is 7.62. The summed E-state index contributed by atoms with van der Waals surface area (Å²) in [5.41, 5.74) is 0. The molecule has 12 heavy (non-hydrogen) atoms. The SMILES string of the molecule is [O-]c1ccc2cc(Br)ccc2c1. The molecule has 0 aliphatic carbocycles. The zero-order valence-corrected chi connectivity index (χ0v) is 7.84. The van der Waals surface area contributed by atoms with E-state index in [-0.39, 0.29) is 5.75 Å². The van der Waals surface area contributed by atoms with E-state index < -0.39 is 0 Å². The molecular formula is C10H6BrO-. The predicted octanol–water partition coefficient (Wildman–Crippen LogP) is 2.68. The van der Waals surface area contributed by atoms with Gasteiger partial charge < -0.3 is 5.11 Å². The van der Waals surface area contributed by atoms with Crippen molar-refractivity contribution in [3.05, 3.63) is 40.9 Å². The summed E-state index contributed by atoms with van der Waals surface area (Å²) in [5, 5.41) is 13.0. The number of hydrogen-bond acceptors (Lipinski definition) is 1. The number of hydrogen-bond donors (Lipinski definition) is 0. The van der Waals surface area contributed by atoms with Crippen LogP contribution in [0.3, 0.4) is 0 Å². The van der Waals surface area contributed by atoms with Gasteiger partial charge >= 0.3 is 0 Å². The van der Waals surface area contributed by atoms with Crippen molar-refractivity contribution >= 4 is 26.7 Å². The summed E-state index contributed by atoms with van der Waals surface area (Å²) in [7, 11) is 0. The molecule has 0 amide bonds. The van der Waals surface area contributed by atoms with E-state index in [1.165, 1.54) is 0 Å². The summed E-state index contributed by atoms with van der Waals surface area (Å²) in [4.78, 5) is 0. The standard InChI is InChI=1S/C10H7BrO/c11-9-3-1-8-6-10(12)4-2-7(8)5-9/h1-6,12H/p-1. The molecule has 2 aromatic rings. The molecule has 0 aliphatic heterocycles. The summed E-state index contributed by atoms with van der Waals surface area (Å²) in [6, 6.07) is 10.9. The van der Waals surface area contributed by atoms with Crippen molar-refractivity contribution in [3.8, 4) is 5.75 Å². The van der Waals surface area contributed by atoms with E-state index >= 15 is 0 Å². The van der Waals surface area contributed by atoms with Crippen LogP contribution in [0.25, 0.3) is 10.8 Å². The Bertz CT molecular complexity index is 382. The van der Waals surface area contributed by atoms with Gasteiger partial charge in [0.1, 0.15) is 0 Å². The van der Waals surface area contributed by atoms with Gasteiger partial charge in [-0.1, -0.05) is 40.2 Å². The molecular weight excluding hydrogens is 216 g/mol. The second kappa shape index (κ2) is 2.79. The summed E-state index contributed by atoms with van der Waals surface area (Å²) in [6.07, 6.45) is 0. The maximum atomic E-state index is 11.0. The third kappa shape index (κ3) is 1.30. The number of fused-ring (bicyclic) bond motifs is 1. The molecule has 0 heterocycles. The molecule has 0 aromatic heterocycles. The molecule has 2 rings (SSSR count). The van der Waals surface area contributed by atoms with Gasteiger partial charge in [0.05, 0.1) is 0 Å². The van der Waals surface area contributed by atoms with E-state index in [0.717, 1.165) is 15.2 Å². The van der Waals surface area contributed by atoms with Crippen molar-refractivity contribution in [3.63, 3.8) is 0 Å². The van der Waals surface area contributed by atoms with E-state index in [9.17, 15) is 5.11 Å². The van der Waals surface area contributed by atoms with Gasteiger partial charge in [0.15, 0.2) is 0 Å². The monoisotopic (exact) mass is 221 g/mol. The van der Waals surface area contributed by atoms with Crippen LogP contribution in [-0.4, -0.2) is 0 Å². The van der Waals surface area contributed by atoms with E-state index in [0.29, 0.717) is 0 Å². The van der Waals surface area contributed by atoms with Crippen LogP contribution in [0.15, 0.2) is 40.9 Å². The van der Waals surface area contributed by atoms with Gasteiger partial charge in [0.2, 0.25) is 0 Å². The fourth-order valence-electron chi connectivity index (χ4n) is 1.19. The fourth-order valence-corrected chi connectivity index (χ4v) is 1.57. The highest BCUT2D eigenvalue weighted by molar-refractivity contribution is 9.10. The van der Waals surface area contributed by atoms with Crippen LogP contribution in [0.4, 0.5) is 0 Å². The molecule has 0 aliphatic rings. The largest absolute Gasteiger partial charge is 0.872 e. The van der Waals surface area contributed by atoms with Crippen molar-refractivity contribution in [2.45, 2.75) is 0 Å². The lowest BCUT2D eigenvalue weighted by molar-refractivity contribution is -0.268. The molecule has 2 aromatic carbocycles. The Kier molecular flexibility index (Phi) is 1.77. The topological polar surface area (TPSA) is 23.1 Å². The Morgan fingerprint density at radius 1 is 0.917 bits per heavy atom. The third-order valence-electron chi connectivity index (χ3n) is 1.77. The molecule has 0 unspecified atom stereocenters.